The minimum atomic E-state index is 0.819. The lowest BCUT2D eigenvalue weighted by molar-refractivity contribution is 0.796. The maximum atomic E-state index is 4.05. The van der Waals surface area contributed by atoms with Crippen molar-refractivity contribution in [3.05, 3.63) is 67.1 Å². The fourth-order valence-corrected chi connectivity index (χ4v) is 1.63. The van der Waals surface area contributed by atoms with Crippen LogP contribution in [0.25, 0.3) is 6.08 Å². The summed E-state index contributed by atoms with van der Waals surface area (Å²) in [7, 11) is 0. The first-order valence-electron chi connectivity index (χ1n) is 5.39. The van der Waals surface area contributed by atoms with Gasteiger partial charge in [-0.25, -0.2) is 4.98 Å². The zero-order valence-corrected chi connectivity index (χ0v) is 9.21. The van der Waals surface area contributed by atoms with Crippen LogP contribution in [-0.4, -0.2) is 9.55 Å². The van der Waals surface area contributed by atoms with Crippen molar-refractivity contribution >= 4 is 6.08 Å². The minimum absolute atomic E-state index is 0.819. The molecule has 0 bridgehead atoms. The Morgan fingerprint density at radius 1 is 1.31 bits per heavy atom. The van der Waals surface area contributed by atoms with Gasteiger partial charge in [-0.3, -0.25) is 0 Å². The number of rotatable bonds is 4. The van der Waals surface area contributed by atoms with Crippen LogP contribution in [0.3, 0.4) is 0 Å². The predicted molar refractivity (Wildman–Crippen MR) is 66.8 cm³/mol. The smallest absolute Gasteiger partial charge is 0.0949 e. The van der Waals surface area contributed by atoms with Crippen LogP contribution in [0.15, 0.2) is 49.1 Å². The Kier molecular flexibility index (Phi) is 3.54. The lowest BCUT2D eigenvalue weighted by Gasteiger charge is -2.06. The Morgan fingerprint density at radius 2 is 2.19 bits per heavy atom. The van der Waals surface area contributed by atoms with Crippen molar-refractivity contribution in [3.8, 4) is 0 Å². The molecular formula is C14H15N2. The summed E-state index contributed by atoms with van der Waals surface area (Å²) in [5.41, 5.74) is 2.55. The van der Waals surface area contributed by atoms with Crippen LogP contribution in [-0.2, 0) is 6.54 Å². The van der Waals surface area contributed by atoms with Crippen LogP contribution in [0.2, 0.25) is 0 Å². The Labute approximate surface area is 96.3 Å². The second-order valence-electron chi connectivity index (χ2n) is 3.62. The van der Waals surface area contributed by atoms with E-state index in [1.807, 2.05) is 12.5 Å². The molecule has 2 nitrogen and oxygen atoms in total. The SMILES string of the molecule is [CH2]CC=Cc1ccccc1Cn1ccnc1. The van der Waals surface area contributed by atoms with Crippen molar-refractivity contribution in [2.24, 2.45) is 0 Å². The first-order valence-corrected chi connectivity index (χ1v) is 5.39. The largest absolute Gasteiger partial charge is 0.333 e. The highest BCUT2D eigenvalue weighted by atomic mass is 15.0. The molecule has 2 heteroatoms. The summed E-state index contributed by atoms with van der Waals surface area (Å²) >= 11 is 0. The number of hydrogen-bond acceptors (Lipinski definition) is 1. The van der Waals surface area contributed by atoms with Crippen LogP contribution < -0.4 is 0 Å². The van der Waals surface area contributed by atoms with Gasteiger partial charge in [0.1, 0.15) is 0 Å². The lowest BCUT2D eigenvalue weighted by atomic mass is 10.1. The normalized spacial score (nSPS) is 11.1. The van der Waals surface area contributed by atoms with Crippen molar-refractivity contribution < 1.29 is 0 Å². The van der Waals surface area contributed by atoms with E-state index in [9.17, 15) is 0 Å². The van der Waals surface area contributed by atoms with Gasteiger partial charge in [-0.1, -0.05) is 36.4 Å². The number of hydrogen-bond donors (Lipinski definition) is 0. The number of imidazole rings is 1. The molecule has 1 radical (unpaired) electrons. The van der Waals surface area contributed by atoms with Gasteiger partial charge in [-0.2, -0.15) is 0 Å². The quantitative estimate of drug-likeness (QED) is 0.759. The van der Waals surface area contributed by atoms with Crippen LogP contribution in [0.5, 0.6) is 0 Å². The van der Waals surface area contributed by atoms with Gasteiger partial charge in [0.2, 0.25) is 0 Å². The summed E-state index contributed by atoms with van der Waals surface area (Å²) in [6.45, 7) is 4.66. The maximum absolute atomic E-state index is 4.05. The molecular weight excluding hydrogens is 196 g/mol. The van der Waals surface area contributed by atoms with E-state index < -0.39 is 0 Å². The van der Waals surface area contributed by atoms with Crippen LogP contribution in [0, 0.1) is 6.92 Å². The van der Waals surface area contributed by atoms with Crippen molar-refractivity contribution in [1.29, 1.82) is 0 Å². The molecule has 0 fully saturated rings. The number of aromatic nitrogens is 2. The third-order valence-electron chi connectivity index (χ3n) is 2.43. The molecule has 0 saturated heterocycles. The zero-order valence-electron chi connectivity index (χ0n) is 9.21. The standard InChI is InChI=1S/C14H15N2/c1-2-3-6-13-7-4-5-8-14(13)11-16-10-9-15-12-16/h3-10,12H,1-2,11H2. The fraction of sp³-hybridized carbons (Fsp3) is 0.143. The second-order valence-corrected chi connectivity index (χ2v) is 3.62. The topological polar surface area (TPSA) is 17.8 Å². The molecule has 2 rings (SSSR count). The highest BCUT2D eigenvalue weighted by Crippen LogP contribution is 2.12. The van der Waals surface area contributed by atoms with E-state index in [0.717, 1.165) is 13.0 Å². The summed E-state index contributed by atoms with van der Waals surface area (Å²) in [6.07, 6.45) is 10.6. The summed E-state index contributed by atoms with van der Waals surface area (Å²) < 4.78 is 2.07. The van der Waals surface area contributed by atoms with Gasteiger partial charge in [-0.15, -0.1) is 0 Å². The molecule has 0 atom stereocenters. The van der Waals surface area contributed by atoms with Gasteiger partial charge in [0.15, 0.2) is 0 Å². The van der Waals surface area contributed by atoms with Crippen molar-refractivity contribution in [3.63, 3.8) is 0 Å². The van der Waals surface area contributed by atoms with Gasteiger partial charge >= 0.3 is 0 Å². The third-order valence-corrected chi connectivity index (χ3v) is 2.43. The van der Waals surface area contributed by atoms with Crippen LogP contribution in [0.4, 0.5) is 0 Å². The predicted octanol–water partition coefficient (Wildman–Crippen LogP) is 3.17. The molecule has 16 heavy (non-hydrogen) atoms. The molecule has 0 spiro atoms. The molecule has 1 heterocycles. The molecule has 0 aliphatic carbocycles. The first kappa shape index (κ1) is 10.7. The van der Waals surface area contributed by atoms with Crippen molar-refractivity contribution in [2.45, 2.75) is 13.0 Å². The molecule has 81 valence electrons. The Balaban J connectivity index is 2.22. The summed E-state index contributed by atoms with van der Waals surface area (Å²) in [6, 6.07) is 8.38. The van der Waals surface area contributed by atoms with Gasteiger partial charge in [0.25, 0.3) is 0 Å². The average molecular weight is 211 g/mol. The molecule has 1 aromatic heterocycles. The number of allylic oxidation sites excluding steroid dienone is 1. The molecule has 0 unspecified atom stereocenters. The fourth-order valence-electron chi connectivity index (χ4n) is 1.63. The van der Waals surface area contributed by atoms with Crippen LogP contribution >= 0.6 is 0 Å². The summed E-state index contributed by atoms with van der Waals surface area (Å²) in [4.78, 5) is 4.05. The Hall–Kier alpha value is -1.83. The molecule has 0 aliphatic heterocycles. The number of benzene rings is 1. The molecule has 0 aliphatic rings. The second kappa shape index (κ2) is 5.31. The monoisotopic (exact) mass is 211 g/mol. The zero-order chi connectivity index (χ0) is 11.2. The van der Waals surface area contributed by atoms with Gasteiger partial charge in [0.05, 0.1) is 6.33 Å². The van der Waals surface area contributed by atoms with Gasteiger partial charge in [-0.05, 0) is 24.5 Å². The van der Waals surface area contributed by atoms with E-state index in [2.05, 4.69) is 52.9 Å². The van der Waals surface area contributed by atoms with Gasteiger partial charge in [0, 0.05) is 18.9 Å². The number of nitrogens with zero attached hydrogens (tertiary/aromatic N) is 2. The summed E-state index contributed by atoms with van der Waals surface area (Å²) in [5.74, 6) is 0. The van der Waals surface area contributed by atoms with E-state index in [4.69, 9.17) is 0 Å². The van der Waals surface area contributed by atoms with Crippen molar-refractivity contribution in [2.75, 3.05) is 0 Å². The average Bonchev–Trinajstić information content (AvgIpc) is 2.81. The van der Waals surface area contributed by atoms with E-state index in [1.165, 1.54) is 11.1 Å². The summed E-state index contributed by atoms with van der Waals surface area (Å²) in [5, 5.41) is 0. The van der Waals surface area contributed by atoms with E-state index in [1.54, 1.807) is 6.20 Å². The van der Waals surface area contributed by atoms with Gasteiger partial charge < -0.3 is 4.57 Å². The minimum Gasteiger partial charge on any atom is -0.333 e. The Bertz CT molecular complexity index is 455. The first-order chi connectivity index (χ1) is 7.90. The lowest BCUT2D eigenvalue weighted by Crippen LogP contribution is -1.98. The van der Waals surface area contributed by atoms with E-state index in [0.29, 0.717) is 0 Å². The van der Waals surface area contributed by atoms with E-state index in [-0.39, 0.29) is 0 Å². The highest BCUT2D eigenvalue weighted by molar-refractivity contribution is 5.53. The Morgan fingerprint density at radius 3 is 2.94 bits per heavy atom. The van der Waals surface area contributed by atoms with Crippen LogP contribution in [0.1, 0.15) is 17.5 Å². The van der Waals surface area contributed by atoms with Crippen molar-refractivity contribution in [1.82, 2.24) is 9.55 Å². The maximum Gasteiger partial charge on any atom is 0.0949 e. The van der Waals surface area contributed by atoms with E-state index >= 15 is 0 Å². The highest BCUT2D eigenvalue weighted by Gasteiger charge is 1.98. The molecule has 0 amide bonds. The molecule has 1 aromatic carbocycles. The third kappa shape index (κ3) is 2.60. The molecule has 2 aromatic rings. The molecule has 0 N–H and O–H groups in total. The molecule has 0 saturated carbocycles.